The van der Waals surface area contributed by atoms with Gasteiger partial charge in [0.1, 0.15) is 12.0 Å². The van der Waals surface area contributed by atoms with Gasteiger partial charge in [-0.1, -0.05) is 35.1 Å². The smallest absolute Gasteiger partial charge is 0.393 e. The number of hydrogen-bond acceptors (Lipinski definition) is 7. The number of alkyl halides is 3. The molecule has 2 aromatic carbocycles. The number of aromatic nitrogens is 3. The van der Waals surface area contributed by atoms with Crippen LogP contribution in [-0.2, 0) is 6.18 Å². The average molecular weight is 451 g/mol. The number of nitrogens with zero attached hydrogens (tertiary/aromatic N) is 3. The van der Waals surface area contributed by atoms with E-state index in [9.17, 15) is 13.2 Å². The van der Waals surface area contributed by atoms with Crippen LogP contribution in [0.4, 0.5) is 41.3 Å². The molecule has 0 aliphatic rings. The summed E-state index contributed by atoms with van der Waals surface area (Å²) >= 11 is 7.47. The molecule has 30 heavy (non-hydrogen) atoms. The van der Waals surface area contributed by atoms with Gasteiger partial charge in [0.2, 0.25) is 0 Å². The monoisotopic (exact) mass is 450 g/mol. The molecule has 0 saturated heterocycles. The maximum atomic E-state index is 13.0. The number of rotatable bonds is 4. The minimum absolute atomic E-state index is 0.0263. The first-order chi connectivity index (χ1) is 14.2. The highest BCUT2D eigenvalue weighted by molar-refractivity contribution is 7.22. The molecule has 0 bridgehead atoms. The van der Waals surface area contributed by atoms with Crippen molar-refractivity contribution in [2.75, 3.05) is 16.4 Å². The van der Waals surface area contributed by atoms with Crippen molar-refractivity contribution in [2.45, 2.75) is 13.1 Å². The molecule has 0 radical (unpaired) electrons. The van der Waals surface area contributed by atoms with Crippen LogP contribution in [0.2, 0.25) is 5.02 Å². The predicted molar refractivity (Wildman–Crippen MR) is 114 cm³/mol. The van der Waals surface area contributed by atoms with Crippen LogP contribution in [0.5, 0.6) is 0 Å². The van der Waals surface area contributed by atoms with E-state index < -0.39 is 11.7 Å². The minimum atomic E-state index is -4.50. The maximum absolute atomic E-state index is 13.0. The number of fused-ring (bicyclic) bond motifs is 1. The van der Waals surface area contributed by atoms with Gasteiger partial charge in [-0.05, 0) is 36.8 Å². The quantitative estimate of drug-likeness (QED) is 0.346. The number of para-hydroxylation sites is 1. The van der Waals surface area contributed by atoms with Crippen LogP contribution in [0.15, 0.2) is 42.7 Å². The predicted octanol–water partition coefficient (Wildman–Crippen LogP) is 6.14. The third-order valence-corrected chi connectivity index (χ3v) is 5.54. The van der Waals surface area contributed by atoms with Gasteiger partial charge in [-0.25, -0.2) is 15.0 Å². The number of anilines is 5. The Morgan fingerprint density at radius 3 is 2.50 bits per heavy atom. The number of aryl methyl sites for hydroxylation is 1. The fourth-order valence-electron chi connectivity index (χ4n) is 2.76. The summed E-state index contributed by atoms with van der Waals surface area (Å²) in [6.07, 6.45) is -3.27. The molecular weight excluding hydrogens is 437 g/mol. The van der Waals surface area contributed by atoms with Crippen molar-refractivity contribution in [3.8, 4) is 0 Å². The molecule has 0 atom stereocenters. The molecule has 154 valence electrons. The largest absolute Gasteiger partial charge is 0.416 e. The van der Waals surface area contributed by atoms with Crippen LogP contribution >= 0.6 is 22.9 Å². The first-order valence-electron chi connectivity index (χ1n) is 8.60. The summed E-state index contributed by atoms with van der Waals surface area (Å²) in [5, 5.41) is 6.46. The third kappa shape index (κ3) is 3.96. The number of benzene rings is 2. The summed E-state index contributed by atoms with van der Waals surface area (Å²) in [5.41, 5.74) is 7.34. The second kappa shape index (κ2) is 7.62. The Morgan fingerprint density at radius 2 is 1.80 bits per heavy atom. The van der Waals surface area contributed by atoms with Crippen molar-refractivity contribution in [3.63, 3.8) is 0 Å². The molecule has 2 heterocycles. The Kier molecular flexibility index (Phi) is 5.12. The van der Waals surface area contributed by atoms with Crippen molar-refractivity contribution < 1.29 is 13.2 Å². The van der Waals surface area contributed by atoms with Gasteiger partial charge >= 0.3 is 6.18 Å². The van der Waals surface area contributed by atoms with Gasteiger partial charge in [0, 0.05) is 0 Å². The van der Waals surface area contributed by atoms with Crippen LogP contribution in [-0.4, -0.2) is 15.0 Å². The molecule has 0 aliphatic heterocycles. The lowest BCUT2D eigenvalue weighted by atomic mass is 10.2. The minimum Gasteiger partial charge on any atom is -0.393 e. The highest BCUT2D eigenvalue weighted by atomic mass is 35.5. The van der Waals surface area contributed by atoms with Gasteiger partial charge in [-0.15, -0.1) is 0 Å². The van der Waals surface area contributed by atoms with Crippen LogP contribution < -0.4 is 16.4 Å². The third-order valence-electron chi connectivity index (χ3n) is 4.28. The molecular formula is C19H14ClF3N6S. The second-order valence-corrected chi connectivity index (χ2v) is 7.81. The Morgan fingerprint density at radius 1 is 1.07 bits per heavy atom. The van der Waals surface area contributed by atoms with Gasteiger partial charge < -0.3 is 16.4 Å². The van der Waals surface area contributed by atoms with Crippen molar-refractivity contribution in [2.24, 2.45) is 0 Å². The highest BCUT2D eigenvalue weighted by Crippen LogP contribution is 2.37. The van der Waals surface area contributed by atoms with E-state index >= 15 is 0 Å². The lowest BCUT2D eigenvalue weighted by molar-refractivity contribution is -0.137. The molecule has 0 aliphatic carbocycles. The fourth-order valence-corrected chi connectivity index (χ4v) is 3.87. The summed E-state index contributed by atoms with van der Waals surface area (Å²) in [7, 11) is 0. The van der Waals surface area contributed by atoms with Crippen LogP contribution in [0.25, 0.3) is 10.2 Å². The first kappa shape index (κ1) is 20.2. The van der Waals surface area contributed by atoms with E-state index in [2.05, 4.69) is 25.6 Å². The van der Waals surface area contributed by atoms with Crippen molar-refractivity contribution in [3.05, 3.63) is 58.9 Å². The summed E-state index contributed by atoms with van der Waals surface area (Å²) in [5.74, 6) is 0.387. The van der Waals surface area contributed by atoms with Crippen molar-refractivity contribution in [1.29, 1.82) is 0 Å². The Labute approximate surface area is 177 Å². The van der Waals surface area contributed by atoms with E-state index in [1.54, 1.807) is 0 Å². The molecule has 0 unspecified atom stereocenters. The summed E-state index contributed by atoms with van der Waals surface area (Å²) in [6, 6.07) is 8.82. The van der Waals surface area contributed by atoms with E-state index in [0.717, 1.165) is 34.0 Å². The number of thiazole rings is 1. The second-order valence-electron chi connectivity index (χ2n) is 6.37. The molecule has 4 N–H and O–H groups in total. The van der Waals surface area contributed by atoms with E-state index in [0.29, 0.717) is 5.13 Å². The molecule has 11 heteroatoms. The van der Waals surface area contributed by atoms with Crippen molar-refractivity contribution in [1.82, 2.24) is 15.0 Å². The molecule has 4 rings (SSSR count). The maximum Gasteiger partial charge on any atom is 0.416 e. The normalized spacial score (nSPS) is 11.6. The number of halogens is 4. The van der Waals surface area contributed by atoms with Gasteiger partial charge in [0.25, 0.3) is 0 Å². The van der Waals surface area contributed by atoms with E-state index in [4.69, 9.17) is 17.3 Å². The van der Waals surface area contributed by atoms with Crippen LogP contribution in [0.3, 0.4) is 0 Å². The van der Waals surface area contributed by atoms with Crippen LogP contribution in [0, 0.1) is 6.92 Å². The average Bonchev–Trinajstić information content (AvgIpc) is 3.10. The molecule has 6 nitrogen and oxygen atoms in total. The van der Waals surface area contributed by atoms with E-state index in [1.165, 1.54) is 17.7 Å². The SMILES string of the molecule is Cc1cccc2sc(Nc3ncnc(Nc4cc(C(F)(F)F)ccc4Cl)c3N)nc12. The van der Waals surface area contributed by atoms with Gasteiger partial charge in [0.15, 0.2) is 16.8 Å². The van der Waals surface area contributed by atoms with Gasteiger partial charge in [-0.2, -0.15) is 13.2 Å². The topological polar surface area (TPSA) is 88.8 Å². The molecule has 0 amide bonds. The van der Waals surface area contributed by atoms with E-state index in [1.807, 2.05) is 25.1 Å². The summed E-state index contributed by atoms with van der Waals surface area (Å²) in [4.78, 5) is 12.7. The summed E-state index contributed by atoms with van der Waals surface area (Å²) < 4.78 is 40.0. The molecule has 0 fully saturated rings. The number of nitrogen functional groups attached to an aromatic ring is 1. The lowest BCUT2D eigenvalue weighted by Gasteiger charge is -2.14. The summed E-state index contributed by atoms with van der Waals surface area (Å²) in [6.45, 7) is 1.96. The Bertz CT molecular complexity index is 1240. The lowest BCUT2D eigenvalue weighted by Crippen LogP contribution is -2.08. The molecule has 0 saturated carbocycles. The standard InChI is InChI=1S/C19H14ClF3N6S/c1-9-3-2-4-13-15(9)28-18(30-13)29-17-14(24)16(25-8-26-17)27-12-7-10(19(21,22)23)5-6-11(12)20/h2-8H,24H2,1H3,(H2,25,26,27,28,29). The molecule has 2 aromatic heterocycles. The Balaban J connectivity index is 1.64. The molecule has 4 aromatic rings. The number of nitrogens with one attached hydrogen (secondary N) is 2. The zero-order valence-electron chi connectivity index (χ0n) is 15.4. The fraction of sp³-hybridized carbons (Fsp3) is 0.105. The Hall–Kier alpha value is -3.11. The zero-order valence-corrected chi connectivity index (χ0v) is 17.0. The van der Waals surface area contributed by atoms with Gasteiger partial charge in [-0.3, -0.25) is 0 Å². The molecule has 0 spiro atoms. The van der Waals surface area contributed by atoms with Gasteiger partial charge in [0.05, 0.1) is 26.5 Å². The highest BCUT2D eigenvalue weighted by Gasteiger charge is 2.31. The number of hydrogen-bond donors (Lipinski definition) is 3. The van der Waals surface area contributed by atoms with E-state index in [-0.39, 0.29) is 28.0 Å². The first-order valence-corrected chi connectivity index (χ1v) is 9.79. The number of nitrogens with two attached hydrogens (primary N) is 1. The zero-order chi connectivity index (χ0) is 21.5. The van der Waals surface area contributed by atoms with Crippen LogP contribution in [0.1, 0.15) is 11.1 Å². The van der Waals surface area contributed by atoms with Crippen molar-refractivity contribution >= 4 is 61.3 Å².